The molecule has 0 aromatic heterocycles. The second-order valence-electron chi connectivity index (χ2n) is 5.52. The number of rotatable bonds is 4. The van der Waals surface area contributed by atoms with Crippen molar-refractivity contribution in [3.05, 3.63) is 60.2 Å². The van der Waals surface area contributed by atoms with E-state index in [0.29, 0.717) is 12.6 Å². The molecule has 0 amide bonds. The van der Waals surface area contributed by atoms with Gasteiger partial charge < -0.3 is 15.0 Å². The number of nitrogens with one attached hydrogen (secondary N) is 1. The summed E-state index contributed by atoms with van der Waals surface area (Å²) in [7, 11) is 0. The molecule has 1 aliphatic heterocycles. The minimum Gasteiger partial charge on any atom is -0.489 e. The van der Waals surface area contributed by atoms with Crippen molar-refractivity contribution < 1.29 is 4.74 Å². The van der Waals surface area contributed by atoms with Crippen LogP contribution in [0.2, 0.25) is 0 Å². The maximum absolute atomic E-state index is 5.92. The van der Waals surface area contributed by atoms with E-state index in [4.69, 9.17) is 4.74 Å². The number of anilines is 1. The van der Waals surface area contributed by atoms with Gasteiger partial charge >= 0.3 is 0 Å². The van der Waals surface area contributed by atoms with Gasteiger partial charge in [-0.15, -0.1) is 0 Å². The van der Waals surface area contributed by atoms with Crippen LogP contribution < -0.4 is 15.0 Å². The first kappa shape index (κ1) is 14.0. The van der Waals surface area contributed by atoms with E-state index in [2.05, 4.69) is 47.5 Å². The topological polar surface area (TPSA) is 24.5 Å². The Bertz CT molecular complexity index is 570. The largest absolute Gasteiger partial charge is 0.489 e. The summed E-state index contributed by atoms with van der Waals surface area (Å²) in [5, 5.41) is 3.42. The predicted octanol–water partition coefficient (Wildman–Crippen LogP) is 3.06. The lowest BCUT2D eigenvalue weighted by molar-refractivity contribution is 0.306. The summed E-state index contributed by atoms with van der Waals surface area (Å²) in [6.07, 6.45) is 0. The number of ether oxygens (including phenoxy) is 1. The SMILES string of the molecule is CC1CNCCN1c1cccc(OCc2ccccc2)c1. The van der Waals surface area contributed by atoms with Gasteiger partial charge in [0.05, 0.1) is 0 Å². The van der Waals surface area contributed by atoms with Crippen molar-refractivity contribution in [1.29, 1.82) is 0 Å². The van der Waals surface area contributed by atoms with Gasteiger partial charge in [-0.1, -0.05) is 36.4 Å². The molecule has 3 rings (SSSR count). The average Bonchev–Trinajstić information content (AvgIpc) is 2.55. The first-order valence-electron chi connectivity index (χ1n) is 7.57. The van der Waals surface area contributed by atoms with Gasteiger partial charge in [0.2, 0.25) is 0 Å². The molecule has 3 nitrogen and oxygen atoms in total. The fourth-order valence-electron chi connectivity index (χ4n) is 2.72. The molecule has 0 radical (unpaired) electrons. The molecular formula is C18H22N2O. The zero-order valence-electron chi connectivity index (χ0n) is 12.5. The predicted molar refractivity (Wildman–Crippen MR) is 86.9 cm³/mol. The van der Waals surface area contributed by atoms with Gasteiger partial charge in [0.25, 0.3) is 0 Å². The van der Waals surface area contributed by atoms with E-state index >= 15 is 0 Å². The van der Waals surface area contributed by atoms with E-state index in [0.717, 1.165) is 25.4 Å². The second kappa shape index (κ2) is 6.64. The Hall–Kier alpha value is -2.00. The van der Waals surface area contributed by atoms with Gasteiger partial charge in [-0.3, -0.25) is 0 Å². The van der Waals surface area contributed by atoms with Crippen molar-refractivity contribution in [1.82, 2.24) is 5.32 Å². The lowest BCUT2D eigenvalue weighted by Gasteiger charge is -2.36. The average molecular weight is 282 g/mol. The molecular weight excluding hydrogens is 260 g/mol. The molecule has 110 valence electrons. The summed E-state index contributed by atoms with van der Waals surface area (Å²) in [5.74, 6) is 0.932. The third kappa shape index (κ3) is 3.56. The molecule has 1 N–H and O–H groups in total. The smallest absolute Gasteiger partial charge is 0.121 e. The van der Waals surface area contributed by atoms with Crippen LogP contribution in [0.1, 0.15) is 12.5 Å². The molecule has 1 aliphatic rings. The van der Waals surface area contributed by atoms with Gasteiger partial charge in [0.1, 0.15) is 12.4 Å². The van der Waals surface area contributed by atoms with Gasteiger partial charge in [-0.05, 0) is 24.6 Å². The number of hydrogen-bond acceptors (Lipinski definition) is 3. The van der Waals surface area contributed by atoms with Crippen molar-refractivity contribution in [2.75, 3.05) is 24.5 Å². The summed E-state index contributed by atoms with van der Waals surface area (Å²) >= 11 is 0. The van der Waals surface area contributed by atoms with Gasteiger partial charge in [-0.2, -0.15) is 0 Å². The standard InChI is InChI=1S/C18H22N2O/c1-15-13-19-10-11-20(15)17-8-5-9-18(12-17)21-14-16-6-3-2-4-7-16/h2-9,12,15,19H,10-11,13-14H2,1H3. The number of benzene rings is 2. The molecule has 1 unspecified atom stereocenters. The van der Waals surface area contributed by atoms with Crippen LogP contribution in [0.3, 0.4) is 0 Å². The Morgan fingerprint density at radius 3 is 2.81 bits per heavy atom. The molecule has 0 spiro atoms. The first-order chi connectivity index (χ1) is 10.3. The Morgan fingerprint density at radius 2 is 2.00 bits per heavy atom. The van der Waals surface area contributed by atoms with Crippen LogP contribution in [-0.4, -0.2) is 25.7 Å². The van der Waals surface area contributed by atoms with E-state index in [-0.39, 0.29) is 0 Å². The molecule has 2 aromatic carbocycles. The quantitative estimate of drug-likeness (QED) is 0.932. The molecule has 3 heteroatoms. The van der Waals surface area contributed by atoms with Crippen LogP contribution in [-0.2, 0) is 6.61 Å². The summed E-state index contributed by atoms with van der Waals surface area (Å²) in [6, 6.07) is 19.2. The lowest BCUT2D eigenvalue weighted by Crippen LogP contribution is -2.49. The van der Waals surface area contributed by atoms with Gasteiger partial charge in [-0.25, -0.2) is 0 Å². The minimum absolute atomic E-state index is 0.517. The van der Waals surface area contributed by atoms with Crippen LogP contribution in [0, 0.1) is 0 Å². The zero-order valence-corrected chi connectivity index (χ0v) is 12.5. The third-order valence-electron chi connectivity index (χ3n) is 3.90. The number of nitrogens with zero attached hydrogens (tertiary/aromatic N) is 1. The highest BCUT2D eigenvalue weighted by Crippen LogP contribution is 2.24. The van der Waals surface area contributed by atoms with Crippen LogP contribution in [0.15, 0.2) is 54.6 Å². The highest BCUT2D eigenvalue weighted by molar-refractivity contribution is 5.52. The van der Waals surface area contributed by atoms with Crippen molar-refractivity contribution in [2.24, 2.45) is 0 Å². The first-order valence-corrected chi connectivity index (χ1v) is 7.57. The summed E-state index contributed by atoms with van der Waals surface area (Å²) in [6.45, 7) is 5.99. The summed E-state index contributed by atoms with van der Waals surface area (Å²) in [5.41, 5.74) is 2.44. The normalized spacial score (nSPS) is 18.5. The molecule has 21 heavy (non-hydrogen) atoms. The number of piperazine rings is 1. The van der Waals surface area contributed by atoms with E-state index < -0.39 is 0 Å². The maximum Gasteiger partial charge on any atom is 0.121 e. The van der Waals surface area contributed by atoms with Crippen LogP contribution in [0.5, 0.6) is 5.75 Å². The molecule has 0 saturated carbocycles. The highest BCUT2D eigenvalue weighted by Gasteiger charge is 2.18. The van der Waals surface area contributed by atoms with Gasteiger partial charge in [0, 0.05) is 37.4 Å². The van der Waals surface area contributed by atoms with E-state index in [1.54, 1.807) is 0 Å². The molecule has 1 atom stereocenters. The molecule has 0 aliphatic carbocycles. The Kier molecular flexibility index (Phi) is 4.41. The molecule has 1 heterocycles. The fraction of sp³-hybridized carbons (Fsp3) is 0.333. The van der Waals surface area contributed by atoms with Crippen LogP contribution in [0.25, 0.3) is 0 Å². The molecule has 1 fully saturated rings. The van der Waals surface area contributed by atoms with Gasteiger partial charge in [0.15, 0.2) is 0 Å². The Morgan fingerprint density at radius 1 is 1.14 bits per heavy atom. The number of hydrogen-bond donors (Lipinski definition) is 1. The van der Waals surface area contributed by atoms with Crippen molar-refractivity contribution in [3.8, 4) is 5.75 Å². The lowest BCUT2D eigenvalue weighted by atomic mass is 10.1. The summed E-state index contributed by atoms with van der Waals surface area (Å²) in [4.78, 5) is 2.44. The molecule has 1 saturated heterocycles. The van der Waals surface area contributed by atoms with Crippen molar-refractivity contribution in [2.45, 2.75) is 19.6 Å². The van der Waals surface area contributed by atoms with Crippen molar-refractivity contribution in [3.63, 3.8) is 0 Å². The van der Waals surface area contributed by atoms with E-state index in [1.807, 2.05) is 24.3 Å². The Balaban J connectivity index is 1.68. The zero-order chi connectivity index (χ0) is 14.5. The van der Waals surface area contributed by atoms with Crippen molar-refractivity contribution >= 4 is 5.69 Å². The minimum atomic E-state index is 0.517. The monoisotopic (exact) mass is 282 g/mol. The highest BCUT2D eigenvalue weighted by atomic mass is 16.5. The second-order valence-corrected chi connectivity index (χ2v) is 5.52. The maximum atomic E-state index is 5.92. The van der Waals surface area contributed by atoms with E-state index in [1.165, 1.54) is 11.3 Å². The third-order valence-corrected chi connectivity index (χ3v) is 3.90. The van der Waals surface area contributed by atoms with E-state index in [9.17, 15) is 0 Å². The van der Waals surface area contributed by atoms with Crippen LogP contribution >= 0.6 is 0 Å². The molecule has 0 bridgehead atoms. The fourth-order valence-corrected chi connectivity index (χ4v) is 2.72. The Labute approximate surface area is 126 Å². The molecule has 2 aromatic rings. The van der Waals surface area contributed by atoms with Crippen LogP contribution in [0.4, 0.5) is 5.69 Å². The summed E-state index contributed by atoms with van der Waals surface area (Å²) < 4.78 is 5.92.